The van der Waals surface area contributed by atoms with E-state index < -0.39 is 0 Å². The normalized spacial score (nSPS) is 10.8. The molecule has 9 aromatic rings. The van der Waals surface area contributed by atoms with Crippen LogP contribution in [0.2, 0.25) is 0 Å². The second-order valence-electron chi connectivity index (χ2n) is 14.1. The molecule has 0 saturated carbocycles. The van der Waals surface area contributed by atoms with Crippen molar-refractivity contribution in [1.82, 2.24) is 44.9 Å². The van der Waals surface area contributed by atoms with Gasteiger partial charge in [-0.05, 0) is 146 Å². The van der Waals surface area contributed by atoms with Crippen molar-refractivity contribution in [2.24, 2.45) is 0 Å². The number of hydrogen-bond donors (Lipinski definition) is 6. The van der Waals surface area contributed by atoms with Crippen LogP contribution in [0.25, 0.3) is 33.1 Å². The second-order valence-corrected chi connectivity index (χ2v) is 19.8. The van der Waals surface area contributed by atoms with Gasteiger partial charge in [0, 0.05) is 38.1 Å². The summed E-state index contributed by atoms with van der Waals surface area (Å²) in [7, 11) is 1.62. The number of ether oxygens (including phenoxy) is 1. The first kappa shape index (κ1) is 49.1. The van der Waals surface area contributed by atoms with Crippen molar-refractivity contribution in [1.29, 1.82) is 0 Å². The lowest BCUT2D eigenvalue weighted by Gasteiger charge is -2.03. The minimum absolute atomic E-state index is 0.114. The summed E-state index contributed by atoms with van der Waals surface area (Å²) in [6, 6.07) is 28.4. The fraction of sp³-hybridized carbons (Fsp3) is 0.133. The number of thioether (sulfide) groups is 3. The van der Waals surface area contributed by atoms with E-state index in [9.17, 15) is 14.4 Å². The molecule has 0 aliphatic rings. The molecule has 0 bridgehead atoms. The van der Waals surface area contributed by atoms with Crippen LogP contribution in [-0.2, 0) is 14.4 Å². The molecule has 0 aliphatic carbocycles. The quantitative estimate of drug-likeness (QED) is 0.0592. The van der Waals surface area contributed by atoms with Crippen molar-refractivity contribution in [2.45, 2.75) is 29.3 Å². The van der Waals surface area contributed by atoms with Crippen LogP contribution in [0.3, 0.4) is 0 Å². The zero-order valence-electron chi connectivity index (χ0n) is 35.7. The largest absolute Gasteiger partial charge is 0.497 e. The van der Waals surface area contributed by atoms with Gasteiger partial charge in [0.2, 0.25) is 17.7 Å². The van der Waals surface area contributed by atoms with Crippen molar-refractivity contribution in [3.05, 3.63) is 134 Å². The molecule has 342 valence electrons. The molecule has 22 heteroatoms. The third-order valence-electron chi connectivity index (χ3n) is 8.90. The van der Waals surface area contributed by atoms with E-state index in [-0.39, 0.29) is 35.0 Å². The van der Waals surface area contributed by atoms with Crippen LogP contribution >= 0.6 is 83.1 Å². The van der Waals surface area contributed by atoms with Gasteiger partial charge in [0.1, 0.15) is 23.2 Å². The highest BCUT2D eigenvalue weighted by atomic mass is 79.9. The van der Waals surface area contributed by atoms with Crippen LogP contribution in [0, 0.1) is 13.8 Å². The van der Waals surface area contributed by atoms with Crippen LogP contribution < -0.4 is 20.7 Å². The maximum absolute atomic E-state index is 11.9. The lowest BCUT2D eigenvalue weighted by atomic mass is 10.2. The number of nitrogens with one attached hydrogen (secondary N) is 6. The van der Waals surface area contributed by atoms with Gasteiger partial charge < -0.3 is 35.6 Å². The molecule has 0 spiro atoms. The standard InChI is InChI=1S/C15H13BrN4O2S.2C15H13BrN4OS/c1-22-10-3-4-11-12(6-10)19-15(18-11)23-8-14(21)20-13-5-2-9(16)7-17-13;2*1-9-2-4-11-12(6-9)19-15(18-11)22-8-14(21)20-13-5-3-10(16)7-17-13/h2-7H,8H2,1H3,(H,18,19)(H,17,20,21);2*2-7H,8H2,1H3,(H,18,19)(H,17,20,21). The Balaban J connectivity index is 0.000000149. The summed E-state index contributed by atoms with van der Waals surface area (Å²) in [5.41, 5.74) is 7.84. The third kappa shape index (κ3) is 15.1. The van der Waals surface area contributed by atoms with Gasteiger partial charge in [0.25, 0.3) is 0 Å². The number of aromatic nitrogens is 9. The molecule has 0 atom stereocenters. The molecule has 0 aliphatic heterocycles. The van der Waals surface area contributed by atoms with E-state index in [4.69, 9.17) is 4.74 Å². The molecule has 0 radical (unpaired) electrons. The number of rotatable bonds is 13. The van der Waals surface area contributed by atoms with Gasteiger partial charge in [-0.1, -0.05) is 47.4 Å². The van der Waals surface area contributed by atoms with E-state index in [0.717, 1.165) is 62.6 Å². The summed E-state index contributed by atoms with van der Waals surface area (Å²) < 4.78 is 7.78. The van der Waals surface area contributed by atoms with E-state index in [1.54, 1.807) is 43.9 Å². The number of carbonyl (C=O) groups is 3. The Morgan fingerprint density at radius 3 is 1.18 bits per heavy atom. The number of aryl methyl sites for hydroxylation is 2. The highest BCUT2D eigenvalue weighted by molar-refractivity contribution is 9.11. The van der Waals surface area contributed by atoms with Gasteiger partial charge in [-0.2, -0.15) is 0 Å². The highest BCUT2D eigenvalue weighted by Gasteiger charge is 2.12. The molecule has 6 aromatic heterocycles. The molecule has 67 heavy (non-hydrogen) atoms. The molecule has 3 aromatic carbocycles. The van der Waals surface area contributed by atoms with Gasteiger partial charge >= 0.3 is 0 Å². The molecule has 0 saturated heterocycles. The number of imidazole rings is 3. The van der Waals surface area contributed by atoms with E-state index in [0.29, 0.717) is 22.6 Å². The predicted molar refractivity (Wildman–Crippen MR) is 278 cm³/mol. The van der Waals surface area contributed by atoms with Crippen molar-refractivity contribution < 1.29 is 19.1 Å². The SMILES string of the molecule is COc1ccc2nc(SCC(=O)Nc3ccc(Br)cn3)[nH]c2c1.Cc1ccc2nc(SCC(=O)Nc3ccc(Br)cn3)[nH]c2c1.Cc1ccc2nc(SCC(=O)Nc3ccc(Br)cn3)[nH]c2c1. The zero-order chi connectivity index (χ0) is 47.3. The summed E-state index contributed by atoms with van der Waals surface area (Å²) in [4.78, 5) is 71.0. The topological polar surface area (TPSA) is 221 Å². The monoisotopic (exact) mass is 1140 g/mol. The summed E-state index contributed by atoms with van der Waals surface area (Å²) in [5, 5.41) is 10.4. The number of fused-ring (bicyclic) bond motifs is 3. The number of benzene rings is 3. The zero-order valence-corrected chi connectivity index (χ0v) is 42.9. The predicted octanol–water partition coefficient (Wildman–Crippen LogP) is 11.0. The Labute approximate surface area is 421 Å². The number of halogens is 3. The van der Waals surface area contributed by atoms with Crippen molar-refractivity contribution >= 4 is 151 Å². The number of aromatic amines is 3. The number of nitrogens with zero attached hydrogens (tertiary/aromatic N) is 6. The lowest BCUT2D eigenvalue weighted by molar-refractivity contribution is -0.114. The fourth-order valence-corrected chi connectivity index (χ4v) is 8.54. The average molecular weight is 1150 g/mol. The van der Waals surface area contributed by atoms with Gasteiger partial charge in [-0.3, -0.25) is 14.4 Å². The number of carbonyl (C=O) groups excluding carboxylic acids is 3. The Morgan fingerprint density at radius 1 is 0.507 bits per heavy atom. The third-order valence-corrected chi connectivity index (χ3v) is 12.9. The number of H-pyrrole nitrogens is 3. The van der Waals surface area contributed by atoms with Crippen molar-refractivity contribution in [3.63, 3.8) is 0 Å². The van der Waals surface area contributed by atoms with Gasteiger partial charge in [0.05, 0.1) is 57.5 Å². The fourth-order valence-electron chi connectivity index (χ4n) is 5.79. The Kier molecular flexibility index (Phi) is 17.4. The van der Waals surface area contributed by atoms with E-state index in [1.165, 1.54) is 46.4 Å². The van der Waals surface area contributed by atoms with Crippen LogP contribution in [0.4, 0.5) is 17.5 Å². The van der Waals surface area contributed by atoms with Gasteiger partial charge in [0.15, 0.2) is 15.5 Å². The summed E-state index contributed by atoms with van der Waals surface area (Å²) in [5.74, 6) is 2.78. The molecule has 0 unspecified atom stereocenters. The number of methoxy groups -OCH3 is 1. The van der Waals surface area contributed by atoms with Gasteiger partial charge in [-0.15, -0.1) is 0 Å². The Bertz CT molecular complexity index is 2990. The molecule has 6 N–H and O–H groups in total. The minimum Gasteiger partial charge on any atom is -0.497 e. The van der Waals surface area contributed by atoms with E-state index >= 15 is 0 Å². The molecule has 9 rings (SSSR count). The van der Waals surface area contributed by atoms with Crippen LogP contribution in [0.15, 0.2) is 138 Å². The minimum atomic E-state index is -0.136. The number of hydrogen-bond acceptors (Lipinski definition) is 13. The first-order valence-corrected chi connectivity index (χ1v) is 25.3. The number of pyridine rings is 3. The van der Waals surface area contributed by atoms with Crippen molar-refractivity contribution in [3.8, 4) is 5.75 Å². The highest BCUT2D eigenvalue weighted by Crippen LogP contribution is 2.25. The summed E-state index contributed by atoms with van der Waals surface area (Å²) in [6.07, 6.45) is 4.92. The van der Waals surface area contributed by atoms with Crippen molar-refractivity contribution in [2.75, 3.05) is 40.3 Å². The van der Waals surface area contributed by atoms with Crippen LogP contribution in [-0.4, -0.2) is 86.9 Å². The maximum atomic E-state index is 11.9. The number of amides is 3. The second kappa shape index (κ2) is 23.8. The maximum Gasteiger partial charge on any atom is 0.236 e. The number of anilines is 3. The summed E-state index contributed by atoms with van der Waals surface area (Å²) in [6.45, 7) is 4.07. The first-order chi connectivity index (χ1) is 32.3. The molecule has 0 fully saturated rings. The van der Waals surface area contributed by atoms with Crippen LogP contribution in [0.1, 0.15) is 11.1 Å². The lowest BCUT2D eigenvalue weighted by Crippen LogP contribution is -2.14. The Hall–Kier alpha value is -5.78. The molecule has 6 heterocycles. The summed E-state index contributed by atoms with van der Waals surface area (Å²) >= 11 is 14.0. The molecular formula is C45H39Br3N12O4S3. The molecular weight excluding hydrogens is 1110 g/mol. The van der Waals surface area contributed by atoms with E-state index in [2.05, 4.69) is 109 Å². The van der Waals surface area contributed by atoms with Gasteiger partial charge in [-0.25, -0.2) is 29.9 Å². The van der Waals surface area contributed by atoms with E-state index in [1.807, 2.05) is 86.6 Å². The van der Waals surface area contributed by atoms with Crippen LogP contribution in [0.5, 0.6) is 5.75 Å². The smallest absolute Gasteiger partial charge is 0.236 e. The molecule has 3 amide bonds. The molecule has 16 nitrogen and oxygen atoms in total. The Morgan fingerprint density at radius 2 is 0.851 bits per heavy atom. The average Bonchev–Trinajstić information content (AvgIpc) is 4.05. The first-order valence-electron chi connectivity index (χ1n) is 19.9.